The molecule has 0 aliphatic heterocycles. The number of hydrogen-bond acceptors (Lipinski definition) is 3. The van der Waals surface area contributed by atoms with Crippen molar-refractivity contribution in [2.45, 2.75) is 32.4 Å². The van der Waals surface area contributed by atoms with Crippen molar-refractivity contribution in [1.82, 2.24) is 15.2 Å². The fourth-order valence-corrected chi connectivity index (χ4v) is 1.77. The smallest absolute Gasteiger partial charge is 0.0572 e. The van der Waals surface area contributed by atoms with Crippen LogP contribution in [0.5, 0.6) is 0 Å². The maximum Gasteiger partial charge on any atom is 0.0572 e. The average molecular weight is 219 g/mol. The van der Waals surface area contributed by atoms with E-state index in [1.54, 1.807) is 0 Å². The van der Waals surface area contributed by atoms with Gasteiger partial charge in [-0.3, -0.25) is 9.88 Å². The predicted molar refractivity (Wildman–Crippen MR) is 66.3 cm³/mol. The van der Waals surface area contributed by atoms with Gasteiger partial charge < -0.3 is 5.32 Å². The summed E-state index contributed by atoms with van der Waals surface area (Å²) in [5, 5.41) is 3.53. The number of aryl methyl sites for hydroxylation is 1. The minimum absolute atomic E-state index is 0.810. The zero-order valence-corrected chi connectivity index (χ0v) is 10.2. The number of pyridine rings is 1. The first-order valence-corrected chi connectivity index (χ1v) is 6.08. The lowest BCUT2D eigenvalue weighted by atomic mass is 10.2. The van der Waals surface area contributed by atoms with Crippen molar-refractivity contribution in [2.24, 2.45) is 0 Å². The van der Waals surface area contributed by atoms with Crippen molar-refractivity contribution in [3.8, 4) is 0 Å². The molecule has 0 bridgehead atoms. The van der Waals surface area contributed by atoms with Crippen LogP contribution in [0.2, 0.25) is 0 Å². The quantitative estimate of drug-likeness (QED) is 0.787. The van der Waals surface area contributed by atoms with E-state index in [-0.39, 0.29) is 0 Å². The number of hydrogen-bond donors (Lipinski definition) is 1. The molecule has 3 heteroatoms. The Hall–Kier alpha value is -0.930. The molecule has 88 valence electrons. The Morgan fingerprint density at radius 2 is 2.31 bits per heavy atom. The molecule has 3 nitrogen and oxygen atoms in total. The summed E-state index contributed by atoms with van der Waals surface area (Å²) in [4.78, 5) is 6.74. The second-order valence-corrected chi connectivity index (χ2v) is 4.73. The summed E-state index contributed by atoms with van der Waals surface area (Å²) < 4.78 is 0. The Bertz CT molecular complexity index is 334. The maximum absolute atomic E-state index is 4.41. The molecule has 0 unspecified atom stereocenters. The Morgan fingerprint density at radius 3 is 3.00 bits per heavy atom. The van der Waals surface area contributed by atoms with Gasteiger partial charge in [-0.05, 0) is 38.4 Å². The van der Waals surface area contributed by atoms with Crippen LogP contribution in [-0.2, 0) is 6.54 Å². The molecule has 2 rings (SSSR count). The third-order valence-corrected chi connectivity index (χ3v) is 3.04. The molecular formula is C13H21N3. The topological polar surface area (TPSA) is 28.2 Å². The Balaban J connectivity index is 1.73. The summed E-state index contributed by atoms with van der Waals surface area (Å²) in [6.45, 7) is 5.25. The monoisotopic (exact) mass is 219 g/mol. The van der Waals surface area contributed by atoms with E-state index in [0.717, 1.165) is 25.7 Å². The molecule has 1 N–H and O–H groups in total. The zero-order valence-electron chi connectivity index (χ0n) is 10.2. The van der Waals surface area contributed by atoms with E-state index in [0.29, 0.717) is 0 Å². The van der Waals surface area contributed by atoms with Crippen LogP contribution >= 0.6 is 0 Å². The minimum Gasteiger partial charge on any atom is -0.313 e. The standard InChI is InChI=1S/C13H21N3/c1-11-4-3-7-15-13(11)10-16(2)9-8-14-12-5-6-12/h3-4,7,12,14H,5-6,8-10H2,1-2H3. The number of nitrogens with zero attached hydrogens (tertiary/aromatic N) is 2. The normalized spacial score (nSPS) is 15.7. The van der Waals surface area contributed by atoms with E-state index >= 15 is 0 Å². The van der Waals surface area contributed by atoms with Gasteiger partial charge in [-0.25, -0.2) is 0 Å². The van der Waals surface area contributed by atoms with Gasteiger partial charge in [-0.15, -0.1) is 0 Å². The van der Waals surface area contributed by atoms with Gasteiger partial charge in [0.1, 0.15) is 0 Å². The summed E-state index contributed by atoms with van der Waals surface area (Å²) in [5.41, 5.74) is 2.47. The highest BCUT2D eigenvalue weighted by Gasteiger charge is 2.19. The molecule has 1 saturated carbocycles. The number of rotatable bonds is 6. The van der Waals surface area contributed by atoms with E-state index in [2.05, 4.69) is 35.2 Å². The van der Waals surface area contributed by atoms with Gasteiger partial charge in [0.25, 0.3) is 0 Å². The lowest BCUT2D eigenvalue weighted by Gasteiger charge is -2.17. The number of aromatic nitrogens is 1. The molecule has 1 aliphatic carbocycles. The molecule has 0 saturated heterocycles. The van der Waals surface area contributed by atoms with Crippen molar-refractivity contribution in [3.05, 3.63) is 29.6 Å². The van der Waals surface area contributed by atoms with Crippen LogP contribution in [-0.4, -0.2) is 36.1 Å². The van der Waals surface area contributed by atoms with Gasteiger partial charge in [-0.1, -0.05) is 6.07 Å². The van der Waals surface area contributed by atoms with Crippen LogP contribution < -0.4 is 5.32 Å². The van der Waals surface area contributed by atoms with Crippen LogP contribution in [0.15, 0.2) is 18.3 Å². The fourth-order valence-electron chi connectivity index (χ4n) is 1.77. The zero-order chi connectivity index (χ0) is 11.4. The van der Waals surface area contributed by atoms with Crippen LogP contribution in [0.4, 0.5) is 0 Å². The summed E-state index contributed by atoms with van der Waals surface area (Å²) in [6.07, 6.45) is 4.60. The van der Waals surface area contributed by atoms with Crippen LogP contribution in [0.1, 0.15) is 24.1 Å². The molecule has 0 radical (unpaired) electrons. The first-order valence-electron chi connectivity index (χ1n) is 6.08. The highest BCUT2D eigenvalue weighted by atomic mass is 15.1. The van der Waals surface area contributed by atoms with E-state index in [1.807, 2.05) is 12.3 Å². The first-order chi connectivity index (χ1) is 7.75. The SMILES string of the molecule is Cc1cccnc1CN(C)CCNC1CC1. The fraction of sp³-hybridized carbons (Fsp3) is 0.615. The number of nitrogens with one attached hydrogen (secondary N) is 1. The van der Waals surface area contributed by atoms with Crippen LogP contribution in [0, 0.1) is 6.92 Å². The van der Waals surface area contributed by atoms with Crippen LogP contribution in [0.25, 0.3) is 0 Å². The molecule has 1 aliphatic rings. The highest BCUT2D eigenvalue weighted by Crippen LogP contribution is 2.18. The van der Waals surface area contributed by atoms with E-state index in [4.69, 9.17) is 0 Å². The maximum atomic E-state index is 4.41. The first kappa shape index (κ1) is 11.6. The molecular weight excluding hydrogens is 198 g/mol. The lowest BCUT2D eigenvalue weighted by molar-refractivity contribution is 0.319. The van der Waals surface area contributed by atoms with Crippen molar-refractivity contribution in [3.63, 3.8) is 0 Å². The lowest BCUT2D eigenvalue weighted by Crippen LogP contribution is -2.30. The molecule has 1 aromatic heterocycles. The van der Waals surface area contributed by atoms with E-state index in [1.165, 1.54) is 24.1 Å². The summed E-state index contributed by atoms with van der Waals surface area (Å²) >= 11 is 0. The largest absolute Gasteiger partial charge is 0.313 e. The molecule has 16 heavy (non-hydrogen) atoms. The molecule has 0 aromatic carbocycles. The molecule has 1 heterocycles. The Kier molecular flexibility index (Phi) is 3.91. The predicted octanol–water partition coefficient (Wildman–Crippen LogP) is 1.57. The summed E-state index contributed by atoms with van der Waals surface area (Å²) in [7, 11) is 2.16. The van der Waals surface area contributed by atoms with Gasteiger partial charge in [0.15, 0.2) is 0 Å². The van der Waals surface area contributed by atoms with Crippen molar-refractivity contribution >= 4 is 0 Å². The van der Waals surface area contributed by atoms with E-state index in [9.17, 15) is 0 Å². The van der Waals surface area contributed by atoms with Gasteiger partial charge in [0.05, 0.1) is 5.69 Å². The number of likely N-dealkylation sites (N-methyl/N-ethyl adjacent to an activating group) is 1. The van der Waals surface area contributed by atoms with E-state index < -0.39 is 0 Å². The highest BCUT2D eigenvalue weighted by molar-refractivity contribution is 5.17. The molecule has 1 aromatic rings. The van der Waals surface area contributed by atoms with Gasteiger partial charge in [0.2, 0.25) is 0 Å². The molecule has 1 fully saturated rings. The van der Waals surface area contributed by atoms with Crippen molar-refractivity contribution in [1.29, 1.82) is 0 Å². The summed E-state index contributed by atoms with van der Waals surface area (Å²) in [6, 6.07) is 4.93. The molecule has 0 atom stereocenters. The minimum atomic E-state index is 0.810. The second kappa shape index (κ2) is 5.41. The summed E-state index contributed by atoms with van der Waals surface area (Å²) in [5.74, 6) is 0. The van der Waals surface area contributed by atoms with Gasteiger partial charge in [-0.2, -0.15) is 0 Å². The van der Waals surface area contributed by atoms with Crippen molar-refractivity contribution in [2.75, 3.05) is 20.1 Å². The van der Waals surface area contributed by atoms with Crippen molar-refractivity contribution < 1.29 is 0 Å². The van der Waals surface area contributed by atoms with Gasteiger partial charge in [0, 0.05) is 31.9 Å². The average Bonchev–Trinajstić information content (AvgIpc) is 3.05. The Morgan fingerprint density at radius 1 is 1.50 bits per heavy atom. The molecule has 0 amide bonds. The molecule has 0 spiro atoms. The third-order valence-electron chi connectivity index (χ3n) is 3.04. The third kappa shape index (κ3) is 3.58. The second-order valence-electron chi connectivity index (χ2n) is 4.73. The van der Waals surface area contributed by atoms with Crippen LogP contribution in [0.3, 0.4) is 0 Å². The Labute approximate surface area is 97.9 Å². The van der Waals surface area contributed by atoms with Gasteiger partial charge >= 0.3 is 0 Å².